The average Bonchev–Trinajstić information content (AvgIpc) is 2.52. The lowest BCUT2D eigenvalue weighted by atomic mass is 10.1. The Morgan fingerprint density at radius 3 is 2.55 bits per heavy atom. The molecule has 0 spiro atoms. The van der Waals surface area contributed by atoms with Gasteiger partial charge in [-0.2, -0.15) is 0 Å². The largest absolute Gasteiger partial charge is 0.450 e. The number of likely N-dealkylation sites (tertiary alicyclic amines) is 1. The van der Waals surface area contributed by atoms with Gasteiger partial charge in [-0.15, -0.1) is 0 Å². The molecule has 22 heavy (non-hydrogen) atoms. The van der Waals surface area contributed by atoms with Gasteiger partial charge in [0.05, 0.1) is 19.8 Å². The molecule has 1 heterocycles. The molecule has 1 aliphatic heterocycles. The number of alkyl carbamates (subject to hydrolysis) is 1. The maximum Gasteiger partial charge on any atom is 0.407 e. The topological polar surface area (TPSA) is 77.1 Å². The first kappa shape index (κ1) is 18.7. The number of methoxy groups -OCH3 is 1. The highest BCUT2D eigenvalue weighted by atomic mass is 16.5. The summed E-state index contributed by atoms with van der Waals surface area (Å²) in [7, 11) is 1.59. The van der Waals surface area contributed by atoms with E-state index in [9.17, 15) is 9.59 Å². The lowest BCUT2D eigenvalue weighted by molar-refractivity contribution is -0.137. The molecular weight excluding hydrogens is 288 g/mol. The molecule has 0 aromatic heterocycles. The van der Waals surface area contributed by atoms with E-state index in [1.54, 1.807) is 12.0 Å². The summed E-state index contributed by atoms with van der Waals surface area (Å²) in [5.74, 6) is -0.0138. The third-order valence-corrected chi connectivity index (χ3v) is 3.56. The van der Waals surface area contributed by atoms with E-state index in [1.807, 2.05) is 6.92 Å². The smallest absolute Gasteiger partial charge is 0.407 e. The minimum Gasteiger partial charge on any atom is -0.450 e. The standard InChI is InChI=1S/C15H28N2O5/c1-3-4-9-22-15(19)16-13-5-7-17(8-6-13)14(18)12-21-11-10-20-2/h13H,3-12H2,1-2H3,(H,16,19). The number of hydrogen-bond donors (Lipinski definition) is 1. The van der Waals surface area contributed by atoms with E-state index in [1.165, 1.54) is 0 Å². The second-order valence-electron chi connectivity index (χ2n) is 5.33. The van der Waals surface area contributed by atoms with E-state index in [-0.39, 0.29) is 24.6 Å². The number of piperidine rings is 1. The van der Waals surface area contributed by atoms with E-state index in [4.69, 9.17) is 14.2 Å². The molecule has 0 aromatic rings. The van der Waals surface area contributed by atoms with Crippen molar-refractivity contribution in [1.29, 1.82) is 0 Å². The predicted molar refractivity (Wildman–Crippen MR) is 81.7 cm³/mol. The molecule has 1 saturated heterocycles. The first-order chi connectivity index (χ1) is 10.7. The van der Waals surface area contributed by atoms with Gasteiger partial charge >= 0.3 is 6.09 Å². The van der Waals surface area contributed by atoms with Crippen molar-refractivity contribution in [2.45, 2.75) is 38.6 Å². The van der Waals surface area contributed by atoms with Crippen LogP contribution in [0.25, 0.3) is 0 Å². The van der Waals surface area contributed by atoms with Crippen molar-refractivity contribution in [2.24, 2.45) is 0 Å². The number of rotatable bonds is 9. The number of nitrogens with one attached hydrogen (secondary N) is 1. The van der Waals surface area contributed by atoms with Crippen molar-refractivity contribution < 1.29 is 23.8 Å². The third-order valence-electron chi connectivity index (χ3n) is 3.56. The monoisotopic (exact) mass is 316 g/mol. The van der Waals surface area contributed by atoms with Crippen LogP contribution in [0.3, 0.4) is 0 Å². The fourth-order valence-electron chi connectivity index (χ4n) is 2.18. The second-order valence-corrected chi connectivity index (χ2v) is 5.33. The highest BCUT2D eigenvalue weighted by Crippen LogP contribution is 2.11. The molecule has 1 fully saturated rings. The van der Waals surface area contributed by atoms with Crippen LogP contribution in [-0.4, -0.2) is 69.6 Å². The summed E-state index contributed by atoms with van der Waals surface area (Å²) in [5.41, 5.74) is 0. The zero-order valence-corrected chi connectivity index (χ0v) is 13.6. The molecule has 1 rings (SSSR count). The van der Waals surface area contributed by atoms with Gasteiger partial charge in [-0.1, -0.05) is 13.3 Å². The van der Waals surface area contributed by atoms with Crippen molar-refractivity contribution in [1.82, 2.24) is 10.2 Å². The first-order valence-electron chi connectivity index (χ1n) is 7.95. The highest BCUT2D eigenvalue weighted by molar-refractivity contribution is 5.77. The van der Waals surface area contributed by atoms with Crippen LogP contribution in [0.4, 0.5) is 4.79 Å². The zero-order chi connectivity index (χ0) is 16.2. The summed E-state index contributed by atoms with van der Waals surface area (Å²) in [6.07, 6.45) is 3.00. The first-order valence-corrected chi connectivity index (χ1v) is 7.95. The molecular formula is C15H28N2O5. The number of nitrogens with zero attached hydrogens (tertiary/aromatic N) is 1. The van der Waals surface area contributed by atoms with Crippen molar-refractivity contribution in [3.05, 3.63) is 0 Å². The maximum atomic E-state index is 11.9. The summed E-state index contributed by atoms with van der Waals surface area (Å²) in [6.45, 7) is 4.76. The normalized spacial score (nSPS) is 15.6. The fraction of sp³-hybridized carbons (Fsp3) is 0.867. The van der Waals surface area contributed by atoms with E-state index in [2.05, 4.69) is 5.32 Å². The third kappa shape index (κ3) is 7.61. The molecule has 0 saturated carbocycles. The van der Waals surface area contributed by atoms with Gasteiger partial charge in [0.2, 0.25) is 5.91 Å². The van der Waals surface area contributed by atoms with Crippen LogP contribution >= 0.6 is 0 Å². The Labute approximate surface area is 132 Å². The van der Waals surface area contributed by atoms with Gasteiger partial charge in [0.1, 0.15) is 6.61 Å². The summed E-state index contributed by atoms with van der Waals surface area (Å²) >= 11 is 0. The lowest BCUT2D eigenvalue weighted by Crippen LogP contribution is -2.47. The quantitative estimate of drug-likeness (QED) is 0.646. The highest BCUT2D eigenvalue weighted by Gasteiger charge is 2.24. The molecule has 1 aliphatic rings. The Hall–Kier alpha value is -1.34. The molecule has 1 N–H and O–H groups in total. The summed E-state index contributed by atoms with van der Waals surface area (Å²) in [6, 6.07) is 0.0765. The average molecular weight is 316 g/mol. The molecule has 7 nitrogen and oxygen atoms in total. The Balaban J connectivity index is 2.14. The molecule has 0 bridgehead atoms. The summed E-state index contributed by atoms with van der Waals surface area (Å²) in [4.78, 5) is 25.2. The molecule has 128 valence electrons. The number of ether oxygens (including phenoxy) is 3. The molecule has 0 radical (unpaired) electrons. The number of unbranched alkanes of at least 4 members (excludes halogenated alkanes) is 1. The Morgan fingerprint density at radius 2 is 1.91 bits per heavy atom. The van der Waals surface area contributed by atoms with Crippen molar-refractivity contribution in [3.8, 4) is 0 Å². The Morgan fingerprint density at radius 1 is 1.18 bits per heavy atom. The number of carbonyl (C=O) groups is 2. The molecule has 0 atom stereocenters. The predicted octanol–water partition coefficient (Wildman–Crippen LogP) is 1.17. The van der Waals surface area contributed by atoms with E-state index >= 15 is 0 Å². The summed E-state index contributed by atoms with van der Waals surface area (Å²) in [5, 5.41) is 2.85. The van der Waals surface area contributed by atoms with Gasteiger partial charge in [-0.3, -0.25) is 4.79 Å². The van der Waals surface area contributed by atoms with Crippen LogP contribution in [0.2, 0.25) is 0 Å². The van der Waals surface area contributed by atoms with Crippen LogP contribution in [0, 0.1) is 0 Å². The van der Waals surface area contributed by atoms with Crippen LogP contribution in [0.1, 0.15) is 32.6 Å². The molecule has 0 aliphatic carbocycles. The number of hydrogen-bond acceptors (Lipinski definition) is 5. The zero-order valence-electron chi connectivity index (χ0n) is 13.6. The van der Waals surface area contributed by atoms with E-state index in [0.717, 1.165) is 25.7 Å². The van der Waals surface area contributed by atoms with Gasteiger partial charge in [0, 0.05) is 26.2 Å². The minimum atomic E-state index is -0.360. The van der Waals surface area contributed by atoms with Gasteiger partial charge < -0.3 is 24.4 Å². The SMILES string of the molecule is CCCCOC(=O)NC1CCN(C(=O)COCCOC)CC1. The molecule has 2 amide bonds. The van der Waals surface area contributed by atoms with Crippen LogP contribution in [0.15, 0.2) is 0 Å². The van der Waals surface area contributed by atoms with E-state index in [0.29, 0.717) is 32.9 Å². The number of carbonyl (C=O) groups excluding carboxylic acids is 2. The van der Waals surface area contributed by atoms with Crippen molar-refractivity contribution in [3.63, 3.8) is 0 Å². The van der Waals surface area contributed by atoms with Crippen LogP contribution < -0.4 is 5.32 Å². The van der Waals surface area contributed by atoms with E-state index < -0.39 is 0 Å². The lowest BCUT2D eigenvalue weighted by Gasteiger charge is -2.32. The maximum absolute atomic E-state index is 11.9. The Bertz CT molecular complexity index is 330. The number of amides is 2. The van der Waals surface area contributed by atoms with Crippen molar-refractivity contribution >= 4 is 12.0 Å². The molecule has 0 aromatic carbocycles. The Kier molecular flexibility index (Phi) is 9.57. The van der Waals surface area contributed by atoms with Gasteiger partial charge in [-0.05, 0) is 19.3 Å². The van der Waals surface area contributed by atoms with Crippen LogP contribution in [0.5, 0.6) is 0 Å². The molecule has 0 unspecified atom stereocenters. The van der Waals surface area contributed by atoms with Gasteiger partial charge in [0.25, 0.3) is 0 Å². The minimum absolute atomic E-state index is 0.0138. The van der Waals surface area contributed by atoms with Gasteiger partial charge in [-0.25, -0.2) is 4.79 Å². The fourth-order valence-corrected chi connectivity index (χ4v) is 2.18. The van der Waals surface area contributed by atoms with Crippen LogP contribution in [-0.2, 0) is 19.0 Å². The van der Waals surface area contributed by atoms with Crippen molar-refractivity contribution in [2.75, 3.05) is 46.6 Å². The summed E-state index contributed by atoms with van der Waals surface area (Å²) < 4.78 is 15.2. The second kappa shape index (κ2) is 11.3. The molecule has 7 heteroatoms. The van der Waals surface area contributed by atoms with Gasteiger partial charge in [0.15, 0.2) is 0 Å².